The van der Waals surface area contributed by atoms with Crippen molar-refractivity contribution in [1.29, 1.82) is 0 Å². The second kappa shape index (κ2) is 22.6. The van der Waals surface area contributed by atoms with Gasteiger partial charge in [-0.25, -0.2) is 0 Å². The number of amidine groups is 3. The summed E-state index contributed by atoms with van der Waals surface area (Å²) in [5.41, 5.74) is 0. The number of nitrogens with zero attached hydrogens (tertiary/aromatic N) is 3. The van der Waals surface area contributed by atoms with Gasteiger partial charge in [-0.05, 0) is 83.1 Å². The van der Waals surface area contributed by atoms with E-state index < -0.39 is 17.9 Å². The first-order valence-corrected chi connectivity index (χ1v) is 12.0. The zero-order valence-electron chi connectivity index (χ0n) is 24.1. The van der Waals surface area contributed by atoms with Crippen molar-refractivity contribution in [3.63, 3.8) is 0 Å². The minimum absolute atomic E-state index is 0. The van der Waals surface area contributed by atoms with Crippen LogP contribution in [-0.4, -0.2) is 71.7 Å². The quantitative estimate of drug-likeness (QED) is 0.184. The molecule has 0 aliphatic rings. The summed E-state index contributed by atoms with van der Waals surface area (Å²) in [6, 6.07) is 0.0543. The van der Waals surface area contributed by atoms with Gasteiger partial charge in [-0.15, -0.1) is 0 Å². The van der Waals surface area contributed by atoms with Crippen LogP contribution in [0.5, 0.6) is 0 Å². The van der Waals surface area contributed by atoms with Gasteiger partial charge >= 0.3 is 19.5 Å². The summed E-state index contributed by atoms with van der Waals surface area (Å²) >= 11 is 0. The molecule has 0 aromatic carbocycles. The van der Waals surface area contributed by atoms with Crippen molar-refractivity contribution >= 4 is 35.4 Å². The van der Waals surface area contributed by atoms with Crippen molar-refractivity contribution in [2.24, 2.45) is 15.0 Å². The van der Waals surface area contributed by atoms with Crippen LogP contribution in [0.4, 0.5) is 0 Å². The molecule has 0 unspecified atom stereocenters. The third kappa shape index (κ3) is 29.6. The van der Waals surface area contributed by atoms with Crippen LogP contribution in [-0.2, 0) is 33.9 Å². The maximum atomic E-state index is 10.5. The van der Waals surface area contributed by atoms with Crippen LogP contribution in [0.25, 0.3) is 0 Å². The molecule has 0 saturated heterocycles. The molecule has 1 radical (unpaired) electrons. The molecule has 0 bridgehead atoms. The first-order chi connectivity index (χ1) is 16.3. The standard InChI is InChI=1S/3C8H16N2O2.Ru/c3*1-5(2)9-7(8(11)12)10-6(3)4;/h3*5-6H,1-4H3,(H,9,10)(H,11,12);/q;;;+3/p-3. The van der Waals surface area contributed by atoms with E-state index in [-0.39, 0.29) is 73.2 Å². The summed E-state index contributed by atoms with van der Waals surface area (Å²) in [5.74, 6) is -3.97. The molecule has 0 aliphatic heterocycles. The predicted octanol–water partition coefficient (Wildman–Crippen LogP) is -1.38. The Bertz CT molecular complexity index is 663. The molecule has 215 valence electrons. The molecule has 0 saturated carbocycles. The van der Waals surface area contributed by atoms with Gasteiger partial charge in [0.2, 0.25) is 0 Å². The van der Waals surface area contributed by atoms with Crippen molar-refractivity contribution in [2.75, 3.05) is 0 Å². The van der Waals surface area contributed by atoms with Crippen LogP contribution < -0.4 is 31.3 Å². The minimum Gasteiger partial charge on any atom is -0.542 e. The third-order valence-electron chi connectivity index (χ3n) is 3.02. The van der Waals surface area contributed by atoms with Gasteiger partial charge in [0.1, 0.15) is 35.4 Å². The van der Waals surface area contributed by atoms with Crippen LogP contribution in [0.3, 0.4) is 0 Å². The Morgan fingerprint density at radius 3 is 0.703 bits per heavy atom. The van der Waals surface area contributed by atoms with E-state index >= 15 is 0 Å². The Kier molecular flexibility index (Phi) is 25.4. The van der Waals surface area contributed by atoms with Gasteiger partial charge in [-0.2, -0.15) is 0 Å². The first kappa shape index (κ1) is 41.6. The molecule has 3 N–H and O–H groups in total. The molecule has 12 nitrogen and oxygen atoms in total. The van der Waals surface area contributed by atoms with E-state index in [1.165, 1.54) is 0 Å². The van der Waals surface area contributed by atoms with Gasteiger partial charge in [-0.1, -0.05) is 0 Å². The van der Waals surface area contributed by atoms with Gasteiger partial charge < -0.3 is 45.7 Å². The van der Waals surface area contributed by atoms with Crippen LogP contribution in [0, 0.1) is 0 Å². The fourth-order valence-corrected chi connectivity index (χ4v) is 2.04. The predicted molar refractivity (Wildman–Crippen MR) is 138 cm³/mol. The fraction of sp³-hybridized carbons (Fsp3) is 0.750. The number of carbonyl (C=O) groups excluding carboxylic acids is 3. The monoisotopic (exact) mass is 615 g/mol. The van der Waals surface area contributed by atoms with E-state index in [9.17, 15) is 29.7 Å². The normalized spacial score (nSPS) is 12.0. The summed E-state index contributed by atoms with van der Waals surface area (Å²) in [4.78, 5) is 43.0. The molecule has 0 rings (SSSR count). The van der Waals surface area contributed by atoms with Crippen LogP contribution in [0.1, 0.15) is 83.1 Å². The molecular weight excluding hydrogens is 569 g/mol. The Labute approximate surface area is 234 Å². The van der Waals surface area contributed by atoms with Gasteiger partial charge in [-0.3, -0.25) is 15.0 Å². The molecule has 0 spiro atoms. The van der Waals surface area contributed by atoms with E-state index in [0.717, 1.165) is 0 Å². The second-order valence-corrected chi connectivity index (χ2v) is 9.47. The Hall–Kier alpha value is -2.56. The van der Waals surface area contributed by atoms with Gasteiger partial charge in [0, 0.05) is 36.3 Å². The molecular formula is C24H45N6O6Ru. The van der Waals surface area contributed by atoms with E-state index in [1.54, 1.807) is 0 Å². The zero-order valence-corrected chi connectivity index (χ0v) is 25.8. The number of rotatable bonds is 6. The van der Waals surface area contributed by atoms with Crippen LogP contribution >= 0.6 is 0 Å². The maximum Gasteiger partial charge on any atom is 3.00 e. The SMILES string of the molecule is CC(C)N=C(NC(C)C)C(=O)[O-].CC(C)N=C(NC(C)C)C(=O)[O-].CC(C)N=C(NC(C)C)C(=O)[O-].[Ru+3]. The molecule has 0 atom stereocenters. The van der Waals surface area contributed by atoms with Crippen LogP contribution in [0.15, 0.2) is 15.0 Å². The molecule has 0 aromatic heterocycles. The summed E-state index contributed by atoms with van der Waals surface area (Å²) in [7, 11) is 0. The average molecular weight is 615 g/mol. The molecule has 37 heavy (non-hydrogen) atoms. The second-order valence-electron chi connectivity index (χ2n) is 9.47. The number of hydrogen-bond donors (Lipinski definition) is 3. The van der Waals surface area contributed by atoms with Crippen molar-refractivity contribution in [2.45, 2.75) is 119 Å². The van der Waals surface area contributed by atoms with Crippen molar-refractivity contribution in [3.05, 3.63) is 0 Å². The summed E-state index contributed by atoms with van der Waals surface area (Å²) < 4.78 is 0. The maximum absolute atomic E-state index is 10.5. The van der Waals surface area contributed by atoms with E-state index in [2.05, 4.69) is 30.9 Å². The number of hydrogen-bond acceptors (Lipinski definition) is 9. The Balaban J connectivity index is -0.000000218. The topological polar surface area (TPSA) is 194 Å². The fourth-order valence-electron chi connectivity index (χ4n) is 2.04. The summed E-state index contributed by atoms with van der Waals surface area (Å²) in [5, 5.41) is 39.5. The van der Waals surface area contributed by atoms with Gasteiger partial charge in [0.05, 0.1) is 0 Å². The number of aliphatic imine (C=N–C) groups is 3. The van der Waals surface area contributed by atoms with Crippen molar-refractivity contribution < 1.29 is 49.2 Å². The largest absolute Gasteiger partial charge is 3.00 e. The Morgan fingerprint density at radius 2 is 0.622 bits per heavy atom. The van der Waals surface area contributed by atoms with Gasteiger partial charge in [0.25, 0.3) is 0 Å². The first-order valence-electron chi connectivity index (χ1n) is 12.0. The number of carboxylic acids is 3. The van der Waals surface area contributed by atoms with E-state index in [1.807, 2.05) is 83.1 Å². The smallest absolute Gasteiger partial charge is 0.542 e. The van der Waals surface area contributed by atoms with Gasteiger partial charge in [0.15, 0.2) is 0 Å². The number of carboxylic acid groups (broad SMARTS) is 3. The van der Waals surface area contributed by atoms with Crippen molar-refractivity contribution in [1.82, 2.24) is 16.0 Å². The summed E-state index contributed by atoms with van der Waals surface area (Å²) in [6.07, 6.45) is 0. The van der Waals surface area contributed by atoms with Crippen molar-refractivity contribution in [3.8, 4) is 0 Å². The molecule has 0 amide bonds. The third-order valence-corrected chi connectivity index (χ3v) is 3.02. The number of aliphatic carboxylic acids is 3. The van der Waals surface area contributed by atoms with E-state index in [0.29, 0.717) is 0 Å². The minimum atomic E-state index is -1.25. The zero-order chi connectivity index (χ0) is 29.2. The molecule has 0 heterocycles. The molecule has 0 fully saturated rings. The molecule has 13 heteroatoms. The molecule has 0 aliphatic carbocycles. The van der Waals surface area contributed by atoms with Crippen LogP contribution in [0.2, 0.25) is 0 Å². The molecule has 0 aromatic rings. The average Bonchev–Trinajstić information content (AvgIpc) is 2.65. The number of carbonyl (C=O) groups is 3. The number of nitrogens with one attached hydrogen (secondary N) is 3. The van der Waals surface area contributed by atoms with E-state index in [4.69, 9.17) is 0 Å². The summed E-state index contributed by atoms with van der Waals surface area (Å²) in [6.45, 7) is 21.9. The Morgan fingerprint density at radius 1 is 0.459 bits per heavy atom.